The molecule has 0 saturated carbocycles. The van der Waals surface area contributed by atoms with Gasteiger partial charge in [-0.25, -0.2) is 0 Å². The van der Waals surface area contributed by atoms with Gasteiger partial charge in [0, 0.05) is 0 Å². The molecule has 28 heavy (non-hydrogen) atoms. The molecule has 1 aliphatic rings. The molecule has 2 aromatic carbocycles. The number of carbonyl (C=O) groups is 1. The molecule has 0 bridgehead atoms. The Morgan fingerprint density at radius 1 is 1.14 bits per heavy atom. The summed E-state index contributed by atoms with van der Waals surface area (Å²) in [5.41, 5.74) is 1.05. The van der Waals surface area contributed by atoms with E-state index in [9.17, 15) is 4.79 Å². The van der Waals surface area contributed by atoms with Crippen molar-refractivity contribution in [1.82, 2.24) is 15.5 Å². The molecule has 8 heteroatoms. The molecule has 0 fully saturated rings. The number of nitrogens with one attached hydrogen (secondary N) is 1. The van der Waals surface area contributed by atoms with Crippen molar-refractivity contribution < 1.29 is 18.7 Å². The highest BCUT2D eigenvalue weighted by molar-refractivity contribution is 7.99. The van der Waals surface area contributed by atoms with Crippen LogP contribution in [0.15, 0.2) is 64.2 Å². The number of aromatic nitrogens is 2. The first-order chi connectivity index (χ1) is 13.7. The SMILES string of the molecule is C[C@@H](NC(=O)CSc1nnc([C@H]2COc3ccccc3O2)o1)c1ccccc1. The van der Waals surface area contributed by atoms with Crippen molar-refractivity contribution in [2.75, 3.05) is 12.4 Å². The Morgan fingerprint density at radius 2 is 1.89 bits per heavy atom. The van der Waals surface area contributed by atoms with E-state index in [1.165, 1.54) is 11.8 Å². The number of fused-ring (bicyclic) bond motifs is 1. The molecule has 1 amide bonds. The van der Waals surface area contributed by atoms with Gasteiger partial charge in [0.1, 0.15) is 6.61 Å². The van der Waals surface area contributed by atoms with E-state index in [1.807, 2.05) is 61.5 Å². The van der Waals surface area contributed by atoms with E-state index in [4.69, 9.17) is 13.9 Å². The maximum absolute atomic E-state index is 12.2. The smallest absolute Gasteiger partial charge is 0.277 e. The van der Waals surface area contributed by atoms with Gasteiger partial charge in [-0.2, -0.15) is 0 Å². The van der Waals surface area contributed by atoms with Crippen LogP contribution in [-0.2, 0) is 4.79 Å². The van der Waals surface area contributed by atoms with Crippen LogP contribution < -0.4 is 14.8 Å². The van der Waals surface area contributed by atoms with Crippen LogP contribution in [0, 0.1) is 0 Å². The second-order valence-electron chi connectivity index (χ2n) is 6.26. The van der Waals surface area contributed by atoms with Gasteiger partial charge in [-0.3, -0.25) is 4.79 Å². The first-order valence-electron chi connectivity index (χ1n) is 8.88. The number of amides is 1. The van der Waals surface area contributed by atoms with Gasteiger partial charge in [0.25, 0.3) is 11.1 Å². The number of hydrogen-bond acceptors (Lipinski definition) is 7. The second kappa shape index (κ2) is 8.35. The van der Waals surface area contributed by atoms with E-state index in [0.29, 0.717) is 29.2 Å². The van der Waals surface area contributed by atoms with Gasteiger partial charge in [0.05, 0.1) is 11.8 Å². The van der Waals surface area contributed by atoms with Crippen molar-refractivity contribution in [3.63, 3.8) is 0 Å². The number of benzene rings is 2. The minimum absolute atomic E-state index is 0.0691. The van der Waals surface area contributed by atoms with Gasteiger partial charge < -0.3 is 19.2 Å². The highest BCUT2D eigenvalue weighted by Crippen LogP contribution is 2.35. The lowest BCUT2D eigenvalue weighted by molar-refractivity contribution is -0.119. The van der Waals surface area contributed by atoms with Crippen LogP contribution in [0.4, 0.5) is 0 Å². The molecule has 0 saturated heterocycles. The Kier molecular flexibility index (Phi) is 5.48. The van der Waals surface area contributed by atoms with E-state index in [-0.39, 0.29) is 17.7 Å². The normalized spacial score (nSPS) is 16.4. The van der Waals surface area contributed by atoms with Crippen LogP contribution in [0.3, 0.4) is 0 Å². The van der Waals surface area contributed by atoms with Gasteiger partial charge in [0.2, 0.25) is 12.0 Å². The van der Waals surface area contributed by atoms with Crippen molar-refractivity contribution >= 4 is 17.7 Å². The monoisotopic (exact) mass is 397 g/mol. The Bertz CT molecular complexity index is 947. The number of hydrogen-bond donors (Lipinski definition) is 1. The Balaban J connectivity index is 1.30. The highest BCUT2D eigenvalue weighted by atomic mass is 32.2. The fraction of sp³-hybridized carbons (Fsp3) is 0.250. The number of thioether (sulfide) groups is 1. The van der Waals surface area contributed by atoms with Gasteiger partial charge in [0.15, 0.2) is 11.5 Å². The molecule has 0 aliphatic carbocycles. The fourth-order valence-corrected chi connectivity index (χ4v) is 3.37. The molecule has 1 N–H and O–H groups in total. The minimum Gasteiger partial charge on any atom is -0.485 e. The average Bonchev–Trinajstić information content (AvgIpc) is 3.21. The lowest BCUT2D eigenvalue weighted by Gasteiger charge is -2.23. The number of rotatable bonds is 6. The zero-order valence-corrected chi connectivity index (χ0v) is 16.0. The molecular weight excluding hydrogens is 378 g/mol. The molecule has 2 atom stereocenters. The van der Waals surface area contributed by atoms with Crippen molar-refractivity contribution in [2.45, 2.75) is 24.3 Å². The van der Waals surface area contributed by atoms with Gasteiger partial charge >= 0.3 is 0 Å². The van der Waals surface area contributed by atoms with E-state index in [2.05, 4.69) is 15.5 Å². The van der Waals surface area contributed by atoms with E-state index >= 15 is 0 Å². The van der Waals surface area contributed by atoms with Gasteiger partial charge in [-0.15, -0.1) is 10.2 Å². The van der Waals surface area contributed by atoms with Crippen LogP contribution >= 0.6 is 11.8 Å². The molecule has 3 aromatic rings. The fourth-order valence-electron chi connectivity index (χ4n) is 2.79. The van der Waals surface area contributed by atoms with Crippen molar-refractivity contribution in [3.8, 4) is 11.5 Å². The van der Waals surface area contributed by atoms with Crippen molar-refractivity contribution in [3.05, 3.63) is 66.1 Å². The zero-order valence-electron chi connectivity index (χ0n) is 15.2. The topological polar surface area (TPSA) is 86.5 Å². The molecule has 144 valence electrons. The van der Waals surface area contributed by atoms with E-state index in [0.717, 1.165) is 5.56 Å². The van der Waals surface area contributed by atoms with Crippen LogP contribution in [0.2, 0.25) is 0 Å². The van der Waals surface area contributed by atoms with Crippen LogP contribution in [-0.4, -0.2) is 28.5 Å². The molecule has 0 unspecified atom stereocenters. The third-order valence-electron chi connectivity index (χ3n) is 4.21. The maximum atomic E-state index is 12.2. The summed E-state index contributed by atoms with van der Waals surface area (Å²) in [6.45, 7) is 2.24. The molecule has 7 nitrogen and oxygen atoms in total. The van der Waals surface area contributed by atoms with Gasteiger partial charge in [-0.05, 0) is 24.6 Å². The predicted molar refractivity (Wildman–Crippen MR) is 103 cm³/mol. The first-order valence-corrected chi connectivity index (χ1v) is 9.86. The Labute approximate surface area is 166 Å². The molecule has 1 aliphatic heterocycles. The van der Waals surface area contributed by atoms with E-state index in [1.54, 1.807) is 0 Å². The van der Waals surface area contributed by atoms with Gasteiger partial charge in [-0.1, -0.05) is 54.2 Å². The summed E-state index contributed by atoms with van der Waals surface area (Å²) in [7, 11) is 0. The quantitative estimate of drug-likeness (QED) is 0.637. The zero-order chi connectivity index (χ0) is 19.3. The maximum Gasteiger partial charge on any atom is 0.277 e. The van der Waals surface area contributed by atoms with Crippen LogP contribution in [0.25, 0.3) is 0 Å². The molecule has 0 spiro atoms. The third kappa shape index (κ3) is 4.28. The van der Waals surface area contributed by atoms with Crippen LogP contribution in [0.5, 0.6) is 11.5 Å². The molecule has 2 heterocycles. The minimum atomic E-state index is -0.469. The van der Waals surface area contributed by atoms with Crippen molar-refractivity contribution in [1.29, 1.82) is 0 Å². The lowest BCUT2D eigenvalue weighted by atomic mass is 10.1. The Morgan fingerprint density at radius 3 is 2.71 bits per heavy atom. The van der Waals surface area contributed by atoms with Crippen LogP contribution in [0.1, 0.15) is 30.5 Å². The number of para-hydroxylation sites is 2. The highest BCUT2D eigenvalue weighted by Gasteiger charge is 2.27. The van der Waals surface area contributed by atoms with Crippen molar-refractivity contribution in [2.24, 2.45) is 0 Å². The lowest BCUT2D eigenvalue weighted by Crippen LogP contribution is -2.28. The first kappa shape index (κ1) is 18.4. The molecule has 4 rings (SSSR count). The third-order valence-corrected chi connectivity index (χ3v) is 5.03. The number of nitrogens with zero attached hydrogens (tertiary/aromatic N) is 2. The molecular formula is C20H19N3O4S. The largest absolute Gasteiger partial charge is 0.485 e. The molecule has 1 aromatic heterocycles. The standard InChI is InChI=1S/C20H19N3O4S/c1-13(14-7-3-2-4-8-14)21-18(24)12-28-20-23-22-19(27-20)17-11-25-15-9-5-6-10-16(15)26-17/h2-10,13,17H,11-12H2,1H3,(H,21,24)/t13-,17-/m1/s1. The summed E-state index contributed by atoms with van der Waals surface area (Å²) in [5, 5.41) is 11.3. The summed E-state index contributed by atoms with van der Waals surface area (Å²) >= 11 is 1.19. The molecule has 0 radical (unpaired) electrons. The summed E-state index contributed by atoms with van der Waals surface area (Å²) in [6, 6.07) is 17.1. The Hall–Kier alpha value is -3.00. The van der Waals surface area contributed by atoms with E-state index < -0.39 is 6.10 Å². The number of ether oxygens (including phenoxy) is 2. The second-order valence-corrected chi connectivity index (χ2v) is 7.19. The summed E-state index contributed by atoms with van der Waals surface area (Å²) in [4.78, 5) is 12.2. The average molecular weight is 397 g/mol. The summed E-state index contributed by atoms with van der Waals surface area (Å²) < 4.78 is 17.1. The number of carbonyl (C=O) groups excluding carboxylic acids is 1. The summed E-state index contributed by atoms with van der Waals surface area (Å²) in [6.07, 6.45) is -0.469. The summed E-state index contributed by atoms with van der Waals surface area (Å²) in [5.74, 6) is 1.74. The predicted octanol–water partition coefficient (Wildman–Crippen LogP) is 3.55.